The molecule has 0 spiro atoms. The van der Waals surface area contributed by atoms with Gasteiger partial charge in [0.25, 0.3) is 0 Å². The summed E-state index contributed by atoms with van der Waals surface area (Å²) in [6, 6.07) is 3.82. The van der Waals surface area contributed by atoms with Gasteiger partial charge in [-0.3, -0.25) is 4.98 Å². The number of hydrogen-bond acceptors (Lipinski definition) is 3. The van der Waals surface area contributed by atoms with E-state index in [9.17, 15) is 4.21 Å². The molecule has 1 aliphatic rings. The van der Waals surface area contributed by atoms with Crippen molar-refractivity contribution in [3.05, 3.63) is 42.0 Å². The first-order chi connectivity index (χ1) is 9.95. The Hall–Kier alpha value is -1.82. The third-order valence-electron chi connectivity index (χ3n) is 3.34. The van der Waals surface area contributed by atoms with Crippen LogP contribution in [0.1, 0.15) is 38.4 Å². The first kappa shape index (κ1) is 14.1. The van der Waals surface area contributed by atoms with Crippen LogP contribution in [0.3, 0.4) is 0 Å². The molecule has 2 aromatic rings. The molecule has 0 fully saturated rings. The minimum absolute atomic E-state index is 0.336. The molecule has 1 aliphatic carbocycles. The number of nitrogens with zero attached hydrogens (tertiary/aromatic N) is 4. The number of aryl methyl sites for hydroxylation is 1. The Balaban J connectivity index is 1.95. The van der Waals surface area contributed by atoms with E-state index in [-0.39, 0.29) is 4.75 Å². The zero-order valence-electron chi connectivity index (χ0n) is 12.4. The molecule has 6 heteroatoms. The summed E-state index contributed by atoms with van der Waals surface area (Å²) in [5.41, 5.74) is 3.91. The molecular weight excluding hydrogens is 284 g/mol. The Morgan fingerprint density at radius 3 is 2.62 bits per heavy atom. The molecule has 3 rings (SSSR count). The van der Waals surface area contributed by atoms with Gasteiger partial charge in [-0.15, -0.1) is 0 Å². The summed E-state index contributed by atoms with van der Waals surface area (Å²) >= 11 is 0. The van der Waals surface area contributed by atoms with Crippen molar-refractivity contribution < 1.29 is 4.21 Å². The molecule has 0 amide bonds. The summed E-state index contributed by atoms with van der Waals surface area (Å²) in [6.07, 6.45) is 7.12. The van der Waals surface area contributed by atoms with Crippen LogP contribution in [0.2, 0.25) is 0 Å². The quantitative estimate of drug-likeness (QED) is 0.856. The zero-order chi connectivity index (χ0) is 15.0. The predicted octanol–water partition coefficient (Wildman–Crippen LogP) is 2.46. The molecule has 2 aromatic heterocycles. The van der Waals surface area contributed by atoms with Crippen molar-refractivity contribution in [1.29, 1.82) is 0 Å². The van der Waals surface area contributed by atoms with E-state index in [0.717, 1.165) is 35.5 Å². The maximum absolute atomic E-state index is 12.2. The molecule has 0 aromatic carbocycles. The van der Waals surface area contributed by atoms with E-state index >= 15 is 0 Å². The second-order valence-corrected chi connectivity index (χ2v) is 7.94. The highest BCUT2D eigenvalue weighted by Gasteiger charge is 2.26. The maximum Gasteiger partial charge on any atom is 0.145 e. The van der Waals surface area contributed by atoms with E-state index in [1.807, 2.05) is 43.8 Å². The van der Waals surface area contributed by atoms with Crippen LogP contribution in [0.5, 0.6) is 0 Å². The number of fused-ring (bicyclic) bond motifs is 1. The van der Waals surface area contributed by atoms with Crippen molar-refractivity contribution in [2.24, 2.45) is 4.40 Å². The van der Waals surface area contributed by atoms with Gasteiger partial charge >= 0.3 is 0 Å². The Bertz CT molecular complexity index is 713. The molecule has 1 atom stereocenters. The average Bonchev–Trinajstić information content (AvgIpc) is 3.01. The van der Waals surface area contributed by atoms with Gasteiger partial charge in [-0.1, -0.05) is 0 Å². The van der Waals surface area contributed by atoms with Crippen molar-refractivity contribution in [3.8, 4) is 5.69 Å². The Kier molecular flexibility index (Phi) is 3.49. The van der Waals surface area contributed by atoms with E-state index in [1.54, 1.807) is 12.4 Å². The molecule has 21 heavy (non-hydrogen) atoms. The van der Waals surface area contributed by atoms with Crippen LogP contribution in [0.25, 0.3) is 5.69 Å². The topological polar surface area (TPSA) is 60.1 Å². The van der Waals surface area contributed by atoms with Gasteiger partial charge < -0.3 is 0 Å². The fourth-order valence-electron chi connectivity index (χ4n) is 2.17. The monoisotopic (exact) mass is 302 g/mol. The lowest BCUT2D eigenvalue weighted by Crippen LogP contribution is -2.20. The van der Waals surface area contributed by atoms with Gasteiger partial charge in [0.1, 0.15) is 11.0 Å². The minimum atomic E-state index is -1.23. The van der Waals surface area contributed by atoms with Crippen molar-refractivity contribution in [1.82, 2.24) is 14.8 Å². The summed E-state index contributed by atoms with van der Waals surface area (Å²) in [6.45, 7) is 5.80. The van der Waals surface area contributed by atoms with Crippen LogP contribution in [-0.4, -0.2) is 29.4 Å². The van der Waals surface area contributed by atoms with Gasteiger partial charge in [0.2, 0.25) is 0 Å². The van der Waals surface area contributed by atoms with Crippen LogP contribution in [-0.2, 0) is 17.4 Å². The molecular formula is C15H18N4OS. The summed E-state index contributed by atoms with van der Waals surface area (Å²) in [5, 5.41) is 4.59. The van der Waals surface area contributed by atoms with E-state index < -0.39 is 11.0 Å². The Morgan fingerprint density at radius 1 is 1.24 bits per heavy atom. The van der Waals surface area contributed by atoms with Gasteiger partial charge in [-0.05, 0) is 45.7 Å². The lowest BCUT2D eigenvalue weighted by molar-refractivity contribution is 0.650. The largest absolute Gasteiger partial charge is 0.265 e. The van der Waals surface area contributed by atoms with Crippen LogP contribution in [0.15, 0.2) is 35.1 Å². The summed E-state index contributed by atoms with van der Waals surface area (Å²) in [7, 11) is -1.23. The first-order valence-electron chi connectivity index (χ1n) is 6.94. The first-order valence-corrected chi connectivity index (χ1v) is 8.05. The molecule has 5 nitrogen and oxygen atoms in total. The average molecular weight is 302 g/mol. The smallest absolute Gasteiger partial charge is 0.145 e. The standard InChI is InChI=1S/C15H18N4OS/c1-15(2,3)21(20)18-14-5-4-13-12(14)10-19(17-13)11-6-8-16-9-7-11/h6-10H,4-5H2,1-3H3/b18-14+/t21-/m0/s1. The van der Waals surface area contributed by atoms with Gasteiger partial charge in [0, 0.05) is 24.2 Å². The SMILES string of the molecule is CC(C)(C)[S@](=O)/N=C1\CCc2nn(-c3ccncc3)cc21. The predicted molar refractivity (Wildman–Crippen MR) is 84.1 cm³/mol. The molecule has 0 bridgehead atoms. The molecule has 0 saturated heterocycles. The zero-order valence-corrected chi connectivity index (χ0v) is 13.2. The van der Waals surface area contributed by atoms with Crippen LogP contribution in [0, 0.1) is 0 Å². The number of hydrogen-bond donors (Lipinski definition) is 0. The lowest BCUT2D eigenvalue weighted by atomic mass is 10.2. The summed E-state index contributed by atoms with van der Waals surface area (Å²) in [5.74, 6) is 0. The van der Waals surface area contributed by atoms with Crippen LogP contribution in [0.4, 0.5) is 0 Å². The van der Waals surface area contributed by atoms with Crippen molar-refractivity contribution in [2.45, 2.75) is 38.4 Å². The fraction of sp³-hybridized carbons (Fsp3) is 0.400. The van der Waals surface area contributed by atoms with Crippen molar-refractivity contribution in [2.75, 3.05) is 0 Å². The summed E-state index contributed by atoms with van der Waals surface area (Å²) < 4.78 is 18.1. The number of pyridine rings is 1. The van der Waals surface area contributed by atoms with E-state index in [0.29, 0.717) is 0 Å². The Morgan fingerprint density at radius 2 is 1.95 bits per heavy atom. The maximum atomic E-state index is 12.2. The highest BCUT2D eigenvalue weighted by Crippen LogP contribution is 2.24. The molecule has 0 unspecified atom stereocenters. The van der Waals surface area contributed by atoms with Crippen LogP contribution < -0.4 is 0 Å². The normalized spacial score (nSPS) is 18.0. The lowest BCUT2D eigenvalue weighted by Gasteiger charge is -2.13. The minimum Gasteiger partial charge on any atom is -0.265 e. The van der Waals surface area contributed by atoms with Gasteiger partial charge in [-0.25, -0.2) is 8.89 Å². The molecule has 0 saturated carbocycles. The van der Waals surface area contributed by atoms with Crippen LogP contribution >= 0.6 is 0 Å². The molecule has 0 radical (unpaired) electrons. The molecule has 2 heterocycles. The fourth-order valence-corrected chi connectivity index (χ4v) is 2.83. The van der Waals surface area contributed by atoms with Crippen molar-refractivity contribution >= 4 is 16.7 Å². The van der Waals surface area contributed by atoms with Gasteiger partial charge in [0.05, 0.1) is 21.8 Å². The molecule has 0 aliphatic heterocycles. The van der Waals surface area contributed by atoms with E-state index in [2.05, 4.69) is 14.5 Å². The van der Waals surface area contributed by atoms with Gasteiger partial charge in [-0.2, -0.15) is 9.50 Å². The second kappa shape index (κ2) is 5.18. The van der Waals surface area contributed by atoms with E-state index in [4.69, 9.17) is 0 Å². The van der Waals surface area contributed by atoms with E-state index in [1.165, 1.54) is 0 Å². The van der Waals surface area contributed by atoms with Crippen molar-refractivity contribution in [3.63, 3.8) is 0 Å². The third kappa shape index (κ3) is 2.81. The van der Waals surface area contributed by atoms with Gasteiger partial charge in [0.15, 0.2) is 0 Å². The molecule has 0 N–H and O–H groups in total. The number of aromatic nitrogens is 3. The number of rotatable bonds is 2. The summed E-state index contributed by atoms with van der Waals surface area (Å²) in [4.78, 5) is 4.01. The third-order valence-corrected chi connectivity index (χ3v) is 4.78. The highest BCUT2D eigenvalue weighted by molar-refractivity contribution is 7.85. The second-order valence-electron chi connectivity index (χ2n) is 6.04. The molecule has 110 valence electrons. The highest BCUT2D eigenvalue weighted by atomic mass is 32.2. The Labute approximate surface area is 126 Å².